The van der Waals surface area contributed by atoms with Crippen LogP contribution in [0.1, 0.15) is 52.1 Å². The molecule has 2 saturated heterocycles. The molecule has 0 aliphatic carbocycles. The van der Waals surface area contributed by atoms with Crippen LogP contribution in [0.4, 0.5) is 0 Å². The molecule has 2 aromatic heterocycles. The second-order valence-electron chi connectivity index (χ2n) is 13.2. The molecule has 0 N–H and O–H groups in total. The second kappa shape index (κ2) is 20.0. The second-order valence-corrected chi connectivity index (χ2v) is 15.2. The van der Waals surface area contributed by atoms with Gasteiger partial charge in [-0.2, -0.15) is 0 Å². The van der Waals surface area contributed by atoms with E-state index in [9.17, 15) is 19.2 Å². The molecule has 18 nitrogen and oxygen atoms in total. The summed E-state index contributed by atoms with van der Waals surface area (Å²) in [5.74, 6) is 0.366. The molecule has 0 saturated carbocycles. The standard InChI is InChI=1S/C42H34N4O14S2/c47-39(35-43-45-37(61-35)41(49)59-31-15-7-27(8-16-31)53-21-33-23-55-33)57-29-11-3-25(4-12-29)51-19-1-2-20-52-26-5-13-30(14-6-26)58-40(48)36-44-46-38(62-36)42(50)60-32-17-9-28(10-18-32)54-22-34-24-56-34/h3-18,33-34H,1-2,19-24H2. The zero-order chi connectivity index (χ0) is 42.7. The first-order valence-corrected chi connectivity index (χ1v) is 20.6. The summed E-state index contributed by atoms with van der Waals surface area (Å²) in [4.78, 5) is 50.4. The third-order valence-electron chi connectivity index (χ3n) is 8.44. The number of nitrogens with zero attached hydrogens (tertiary/aromatic N) is 4. The maximum Gasteiger partial charge on any atom is 0.374 e. The summed E-state index contributed by atoms with van der Waals surface area (Å²) in [6.07, 6.45) is 1.64. The lowest BCUT2D eigenvalue weighted by Crippen LogP contribution is -2.08. The Kier molecular flexibility index (Phi) is 13.5. The Morgan fingerprint density at radius 3 is 0.919 bits per heavy atom. The van der Waals surface area contributed by atoms with Gasteiger partial charge >= 0.3 is 23.9 Å². The van der Waals surface area contributed by atoms with Gasteiger partial charge in [0.05, 0.1) is 26.4 Å². The van der Waals surface area contributed by atoms with Crippen molar-refractivity contribution in [1.29, 1.82) is 0 Å². The Balaban J connectivity index is 0.690. The van der Waals surface area contributed by atoms with Crippen LogP contribution in [-0.4, -0.2) is 96.1 Å². The Morgan fingerprint density at radius 2 is 0.661 bits per heavy atom. The van der Waals surface area contributed by atoms with Crippen LogP contribution in [0.5, 0.6) is 46.0 Å². The molecule has 2 aliphatic rings. The van der Waals surface area contributed by atoms with Gasteiger partial charge in [0.1, 0.15) is 71.4 Å². The van der Waals surface area contributed by atoms with Crippen molar-refractivity contribution < 1.29 is 66.5 Å². The molecule has 2 atom stereocenters. The van der Waals surface area contributed by atoms with Gasteiger partial charge in [0, 0.05) is 0 Å². The van der Waals surface area contributed by atoms with Crippen molar-refractivity contribution in [1.82, 2.24) is 20.4 Å². The first kappa shape index (κ1) is 41.7. The lowest BCUT2D eigenvalue weighted by molar-refractivity contribution is 0.0722. The number of ether oxygens (including phenoxy) is 10. The van der Waals surface area contributed by atoms with E-state index in [1.54, 1.807) is 97.1 Å². The summed E-state index contributed by atoms with van der Waals surface area (Å²) in [6, 6.07) is 26.0. The molecule has 20 heteroatoms. The average Bonchev–Trinajstić information content (AvgIpc) is 4.20. The lowest BCUT2D eigenvalue weighted by Gasteiger charge is -2.09. The van der Waals surface area contributed by atoms with E-state index in [2.05, 4.69) is 20.4 Å². The van der Waals surface area contributed by atoms with Gasteiger partial charge in [-0.25, -0.2) is 19.2 Å². The number of epoxide rings is 2. The van der Waals surface area contributed by atoms with Gasteiger partial charge in [-0.05, 0) is 110 Å². The van der Waals surface area contributed by atoms with Gasteiger partial charge in [-0.1, -0.05) is 22.7 Å². The van der Waals surface area contributed by atoms with Gasteiger partial charge in [0.25, 0.3) is 0 Å². The summed E-state index contributed by atoms with van der Waals surface area (Å²) in [7, 11) is 0. The summed E-state index contributed by atoms with van der Waals surface area (Å²) in [6.45, 7) is 3.12. The molecule has 0 bridgehead atoms. The Bertz CT molecular complexity index is 2300. The van der Waals surface area contributed by atoms with E-state index in [1.807, 2.05) is 0 Å². The molecule has 8 rings (SSSR count). The number of aromatic nitrogens is 4. The number of benzene rings is 4. The third kappa shape index (κ3) is 12.3. The number of carbonyl (C=O) groups is 4. The molecule has 4 aromatic carbocycles. The zero-order valence-electron chi connectivity index (χ0n) is 32.4. The van der Waals surface area contributed by atoms with E-state index in [4.69, 9.17) is 47.4 Å². The van der Waals surface area contributed by atoms with Gasteiger partial charge in [-0.3, -0.25) is 0 Å². The number of hydrogen-bond donors (Lipinski definition) is 0. The average molecular weight is 883 g/mol. The number of rotatable bonds is 21. The number of unbranched alkanes of at least 4 members (excludes halogenated alkanes) is 1. The summed E-state index contributed by atoms with van der Waals surface area (Å²) >= 11 is 1.50. The van der Waals surface area contributed by atoms with Crippen LogP contribution in [0.3, 0.4) is 0 Å². The quantitative estimate of drug-likeness (QED) is 0.0347. The largest absolute Gasteiger partial charge is 0.494 e. The molecule has 0 radical (unpaired) electrons. The minimum atomic E-state index is -0.777. The Morgan fingerprint density at radius 1 is 0.419 bits per heavy atom. The maximum atomic E-state index is 12.7. The van der Waals surface area contributed by atoms with Crippen LogP contribution in [0, 0.1) is 0 Å². The molecule has 4 heterocycles. The number of hydrogen-bond acceptors (Lipinski definition) is 20. The molecule has 0 amide bonds. The minimum Gasteiger partial charge on any atom is -0.494 e. The first-order valence-electron chi connectivity index (χ1n) is 19.0. The van der Waals surface area contributed by atoms with Gasteiger partial charge < -0.3 is 47.4 Å². The first-order chi connectivity index (χ1) is 30.3. The topological polar surface area (TPSA) is 219 Å². The number of carbonyl (C=O) groups excluding carboxylic acids is 4. The van der Waals surface area contributed by atoms with E-state index in [0.29, 0.717) is 75.5 Å². The normalized spacial score (nSPS) is 14.8. The molecule has 2 fully saturated rings. The fourth-order valence-electron chi connectivity index (χ4n) is 5.09. The fraction of sp³-hybridized carbons (Fsp3) is 0.238. The molecule has 2 aliphatic heterocycles. The fourth-order valence-corrected chi connectivity index (χ4v) is 6.28. The van der Waals surface area contributed by atoms with Gasteiger partial charge in [0.15, 0.2) is 0 Å². The third-order valence-corrected chi connectivity index (χ3v) is 10.2. The smallest absolute Gasteiger partial charge is 0.374 e. The molecule has 6 aromatic rings. The van der Waals surface area contributed by atoms with Crippen molar-refractivity contribution in [3.63, 3.8) is 0 Å². The van der Waals surface area contributed by atoms with Crippen LogP contribution in [0.2, 0.25) is 0 Å². The highest BCUT2D eigenvalue weighted by Crippen LogP contribution is 2.25. The Hall–Kier alpha value is -7.00. The molecule has 2 unspecified atom stereocenters. The van der Waals surface area contributed by atoms with Crippen LogP contribution in [-0.2, 0) is 9.47 Å². The predicted molar refractivity (Wildman–Crippen MR) is 216 cm³/mol. The van der Waals surface area contributed by atoms with Gasteiger partial charge in [-0.15, -0.1) is 20.4 Å². The lowest BCUT2D eigenvalue weighted by atomic mass is 10.3. The maximum absolute atomic E-state index is 12.7. The Labute approximate surface area is 360 Å². The minimum absolute atomic E-state index is 0.108. The predicted octanol–water partition coefficient (Wildman–Crippen LogP) is 6.06. The highest BCUT2D eigenvalue weighted by molar-refractivity contribution is 7.15. The molecular weight excluding hydrogens is 849 g/mol. The highest BCUT2D eigenvalue weighted by atomic mass is 32.1. The molecular formula is C42H34N4O14S2. The molecule has 62 heavy (non-hydrogen) atoms. The monoisotopic (exact) mass is 882 g/mol. The van der Waals surface area contributed by atoms with Crippen molar-refractivity contribution in [3.05, 3.63) is 117 Å². The van der Waals surface area contributed by atoms with Gasteiger partial charge in [0.2, 0.25) is 20.0 Å². The van der Waals surface area contributed by atoms with Crippen molar-refractivity contribution >= 4 is 46.6 Å². The van der Waals surface area contributed by atoms with E-state index in [-0.39, 0.29) is 55.2 Å². The van der Waals surface area contributed by atoms with Crippen LogP contribution >= 0.6 is 22.7 Å². The van der Waals surface area contributed by atoms with E-state index in [0.717, 1.165) is 22.7 Å². The molecule has 318 valence electrons. The summed E-state index contributed by atoms with van der Waals surface area (Å²) < 4.78 is 54.4. The SMILES string of the molecule is O=C(Oc1ccc(OCCCCOc2ccc(OC(=O)c3nnc(C(=O)Oc4ccc(OCC5CO5)cc4)s3)cc2)cc1)c1nnc(C(=O)Oc2ccc(OCC3CO3)cc2)s1. The number of esters is 4. The van der Waals surface area contributed by atoms with E-state index < -0.39 is 23.9 Å². The van der Waals surface area contributed by atoms with Crippen molar-refractivity contribution in [2.24, 2.45) is 0 Å². The van der Waals surface area contributed by atoms with Crippen molar-refractivity contribution in [2.75, 3.05) is 39.6 Å². The van der Waals surface area contributed by atoms with Crippen LogP contribution in [0.25, 0.3) is 0 Å². The highest BCUT2D eigenvalue weighted by Gasteiger charge is 2.25. The summed E-state index contributed by atoms with van der Waals surface area (Å²) in [5.41, 5.74) is 0. The van der Waals surface area contributed by atoms with Crippen molar-refractivity contribution in [3.8, 4) is 46.0 Å². The van der Waals surface area contributed by atoms with Crippen molar-refractivity contribution in [2.45, 2.75) is 25.0 Å². The molecule has 0 spiro atoms. The summed E-state index contributed by atoms with van der Waals surface area (Å²) in [5, 5.41) is 14.6. The van der Waals surface area contributed by atoms with Crippen LogP contribution in [0.15, 0.2) is 97.1 Å². The van der Waals surface area contributed by atoms with E-state index >= 15 is 0 Å². The zero-order valence-corrected chi connectivity index (χ0v) is 34.0. The van der Waals surface area contributed by atoms with E-state index in [1.165, 1.54) is 0 Å². The van der Waals surface area contributed by atoms with Crippen LogP contribution < -0.4 is 37.9 Å².